The topological polar surface area (TPSA) is 54.0 Å². The van der Waals surface area contributed by atoms with Gasteiger partial charge in [-0.05, 0) is 10.7 Å². The van der Waals surface area contributed by atoms with Crippen LogP contribution in [0.4, 0.5) is 0 Å². The zero-order chi connectivity index (χ0) is 11.8. The van der Waals surface area contributed by atoms with Crippen LogP contribution in [0, 0.1) is 0 Å². The second kappa shape index (κ2) is 3.55. The summed E-state index contributed by atoms with van der Waals surface area (Å²) in [5.41, 5.74) is 3.21. The van der Waals surface area contributed by atoms with Gasteiger partial charge in [0.2, 0.25) is 5.69 Å². The summed E-state index contributed by atoms with van der Waals surface area (Å²) in [6.45, 7) is 0. The Hall–Kier alpha value is -2.43. The SMILES string of the molecule is C[n+]1nc2cc(-c3ccccc3)c(C=O)n2[nH]1. The molecule has 1 N–H and O–H groups in total. The van der Waals surface area contributed by atoms with Crippen LogP contribution in [0.25, 0.3) is 16.8 Å². The normalized spacial score (nSPS) is 10.9. The lowest BCUT2D eigenvalue weighted by atomic mass is 10.1. The van der Waals surface area contributed by atoms with Crippen LogP contribution in [0.1, 0.15) is 10.5 Å². The van der Waals surface area contributed by atoms with Gasteiger partial charge in [0.05, 0.1) is 0 Å². The van der Waals surface area contributed by atoms with Gasteiger partial charge in [-0.2, -0.15) is 0 Å². The quantitative estimate of drug-likeness (QED) is 0.524. The molecule has 5 heteroatoms. The minimum atomic E-state index is 0.583. The molecule has 0 aliphatic carbocycles. The fraction of sp³-hybridized carbons (Fsp3) is 0.0833. The van der Waals surface area contributed by atoms with Gasteiger partial charge in [0.15, 0.2) is 6.29 Å². The first kappa shape index (κ1) is 9.77. The Kier molecular flexibility index (Phi) is 2.04. The highest BCUT2D eigenvalue weighted by atomic mass is 16.1. The number of carbonyl (C=O) groups excluding carboxylic acids is 1. The number of aryl methyl sites for hydroxylation is 1. The zero-order valence-corrected chi connectivity index (χ0v) is 9.29. The van der Waals surface area contributed by atoms with Crippen molar-refractivity contribution in [3.63, 3.8) is 0 Å². The molecular formula is C12H11N4O+. The highest BCUT2D eigenvalue weighted by Crippen LogP contribution is 2.24. The number of nitrogens with zero attached hydrogens (tertiary/aromatic N) is 3. The van der Waals surface area contributed by atoms with Crippen LogP contribution in [-0.2, 0) is 7.05 Å². The van der Waals surface area contributed by atoms with Gasteiger partial charge in [-0.15, -0.1) is 4.52 Å². The monoisotopic (exact) mass is 227 g/mol. The van der Waals surface area contributed by atoms with Crippen molar-refractivity contribution in [1.82, 2.24) is 14.8 Å². The Balaban J connectivity index is 2.30. The molecule has 0 aliphatic rings. The fourth-order valence-electron chi connectivity index (χ4n) is 1.98. The summed E-state index contributed by atoms with van der Waals surface area (Å²) in [5.74, 6) is 0. The molecule has 3 aromatic rings. The molecule has 0 atom stereocenters. The number of aromatic amines is 1. The van der Waals surface area contributed by atoms with Crippen molar-refractivity contribution in [1.29, 1.82) is 0 Å². The first-order valence-electron chi connectivity index (χ1n) is 5.28. The lowest BCUT2D eigenvalue weighted by Gasteiger charge is -1.95. The molecular weight excluding hydrogens is 216 g/mol. The summed E-state index contributed by atoms with van der Waals surface area (Å²) < 4.78 is 1.68. The molecule has 84 valence electrons. The van der Waals surface area contributed by atoms with Crippen molar-refractivity contribution >= 4 is 11.9 Å². The van der Waals surface area contributed by atoms with Crippen molar-refractivity contribution in [3.05, 3.63) is 42.1 Å². The van der Waals surface area contributed by atoms with Gasteiger partial charge in [0.25, 0.3) is 5.65 Å². The minimum Gasteiger partial charge on any atom is -0.294 e. The van der Waals surface area contributed by atoms with Gasteiger partial charge in [0, 0.05) is 11.6 Å². The number of hydrogen-bond donors (Lipinski definition) is 1. The standard InChI is InChI=1S/C12H10N4O/c1-15-13-12-7-10(9-5-3-2-4-6-9)11(8-17)16(12)14-15/h2-8H,1H3/p+1. The number of tetrazole rings is 1. The number of carbonyl (C=O) groups is 1. The fourth-order valence-corrected chi connectivity index (χ4v) is 1.98. The molecule has 1 aromatic carbocycles. The van der Waals surface area contributed by atoms with Crippen molar-refractivity contribution in [2.24, 2.45) is 7.05 Å². The van der Waals surface area contributed by atoms with Gasteiger partial charge >= 0.3 is 0 Å². The molecule has 0 fully saturated rings. The Labute approximate surface area is 97.3 Å². The van der Waals surface area contributed by atoms with Crippen LogP contribution < -0.4 is 4.80 Å². The summed E-state index contributed by atoms with van der Waals surface area (Å²) in [6, 6.07) is 11.7. The molecule has 0 amide bonds. The third-order valence-corrected chi connectivity index (χ3v) is 2.71. The van der Waals surface area contributed by atoms with E-state index in [4.69, 9.17) is 0 Å². The smallest absolute Gasteiger partial charge is 0.287 e. The number of fused-ring (bicyclic) bond motifs is 1. The molecule has 0 aliphatic heterocycles. The minimum absolute atomic E-state index is 0.583. The molecule has 17 heavy (non-hydrogen) atoms. The molecule has 0 bridgehead atoms. The van der Waals surface area contributed by atoms with Crippen LogP contribution in [-0.4, -0.2) is 21.1 Å². The molecule has 3 rings (SSSR count). The Morgan fingerprint density at radius 3 is 2.82 bits per heavy atom. The van der Waals surface area contributed by atoms with E-state index >= 15 is 0 Å². The van der Waals surface area contributed by atoms with E-state index in [1.54, 1.807) is 16.4 Å². The van der Waals surface area contributed by atoms with Gasteiger partial charge in [-0.25, -0.2) is 0 Å². The second-order valence-corrected chi connectivity index (χ2v) is 3.84. The predicted molar refractivity (Wildman–Crippen MR) is 61.5 cm³/mol. The van der Waals surface area contributed by atoms with Gasteiger partial charge < -0.3 is 0 Å². The summed E-state index contributed by atoms with van der Waals surface area (Å²) in [5, 5.41) is 7.19. The number of rotatable bonds is 2. The van der Waals surface area contributed by atoms with Crippen LogP contribution in [0.15, 0.2) is 36.4 Å². The number of benzene rings is 1. The number of hydrogen-bond acceptors (Lipinski definition) is 2. The number of aromatic nitrogens is 4. The summed E-state index contributed by atoms with van der Waals surface area (Å²) in [6.07, 6.45) is 0.841. The van der Waals surface area contributed by atoms with Crippen LogP contribution >= 0.6 is 0 Å². The molecule has 5 nitrogen and oxygen atoms in total. The Bertz CT molecular complexity index is 681. The van der Waals surface area contributed by atoms with E-state index in [1.165, 1.54) is 0 Å². The van der Waals surface area contributed by atoms with E-state index in [0.29, 0.717) is 5.69 Å². The summed E-state index contributed by atoms with van der Waals surface area (Å²) in [7, 11) is 1.78. The highest BCUT2D eigenvalue weighted by molar-refractivity contribution is 5.88. The van der Waals surface area contributed by atoms with Gasteiger partial charge in [-0.1, -0.05) is 40.3 Å². The average Bonchev–Trinajstić information content (AvgIpc) is 2.85. The van der Waals surface area contributed by atoms with Crippen LogP contribution in [0.3, 0.4) is 0 Å². The maximum absolute atomic E-state index is 11.2. The lowest BCUT2D eigenvalue weighted by Crippen LogP contribution is -2.34. The number of nitrogens with one attached hydrogen (secondary N) is 1. The van der Waals surface area contributed by atoms with Crippen molar-refractivity contribution in [3.8, 4) is 11.1 Å². The van der Waals surface area contributed by atoms with E-state index in [2.05, 4.69) is 10.3 Å². The van der Waals surface area contributed by atoms with E-state index in [1.807, 2.05) is 36.4 Å². The molecule has 0 radical (unpaired) electrons. The Morgan fingerprint density at radius 2 is 2.12 bits per heavy atom. The molecule has 0 saturated carbocycles. The maximum Gasteiger partial charge on any atom is 0.287 e. The van der Waals surface area contributed by atoms with Crippen molar-refractivity contribution < 1.29 is 9.59 Å². The molecule has 0 unspecified atom stereocenters. The first-order chi connectivity index (χ1) is 8.29. The second-order valence-electron chi connectivity index (χ2n) is 3.84. The van der Waals surface area contributed by atoms with Crippen LogP contribution in [0.2, 0.25) is 0 Å². The Morgan fingerprint density at radius 1 is 1.35 bits per heavy atom. The average molecular weight is 227 g/mol. The lowest BCUT2D eigenvalue weighted by molar-refractivity contribution is -0.783. The zero-order valence-electron chi connectivity index (χ0n) is 9.29. The maximum atomic E-state index is 11.2. The highest BCUT2D eigenvalue weighted by Gasteiger charge is 2.19. The first-order valence-corrected chi connectivity index (χ1v) is 5.28. The van der Waals surface area contributed by atoms with Crippen molar-refractivity contribution in [2.75, 3.05) is 0 Å². The number of aldehydes is 1. The van der Waals surface area contributed by atoms with E-state index in [0.717, 1.165) is 23.1 Å². The largest absolute Gasteiger partial charge is 0.294 e. The van der Waals surface area contributed by atoms with E-state index < -0.39 is 0 Å². The van der Waals surface area contributed by atoms with Gasteiger partial charge in [-0.3, -0.25) is 4.79 Å². The summed E-state index contributed by atoms with van der Waals surface area (Å²) in [4.78, 5) is 12.8. The van der Waals surface area contributed by atoms with E-state index in [9.17, 15) is 4.79 Å². The van der Waals surface area contributed by atoms with Crippen molar-refractivity contribution in [2.45, 2.75) is 0 Å². The predicted octanol–water partition coefficient (Wildman–Crippen LogP) is 0.966. The molecule has 0 saturated heterocycles. The molecule has 2 aromatic heterocycles. The summed E-state index contributed by atoms with van der Waals surface area (Å²) >= 11 is 0. The third kappa shape index (κ3) is 1.44. The molecule has 0 spiro atoms. The third-order valence-electron chi connectivity index (χ3n) is 2.71. The van der Waals surface area contributed by atoms with E-state index in [-0.39, 0.29) is 0 Å². The number of H-pyrrole nitrogens is 1. The van der Waals surface area contributed by atoms with Gasteiger partial charge in [0.1, 0.15) is 7.05 Å². The van der Waals surface area contributed by atoms with Crippen LogP contribution in [0.5, 0.6) is 0 Å². The molecule has 2 heterocycles.